The Kier molecular flexibility index (Phi) is 4.03. The van der Waals surface area contributed by atoms with Crippen molar-refractivity contribution in [2.24, 2.45) is 5.92 Å². The van der Waals surface area contributed by atoms with Crippen molar-refractivity contribution in [1.82, 2.24) is 5.32 Å². The molecule has 2 unspecified atom stereocenters. The first-order chi connectivity index (χ1) is 10.2. The Morgan fingerprint density at radius 3 is 2.76 bits per heavy atom. The third-order valence-corrected chi connectivity index (χ3v) is 5.42. The molecule has 0 saturated heterocycles. The number of aliphatic hydroxyl groups is 1. The van der Waals surface area contributed by atoms with E-state index in [1.807, 2.05) is 6.07 Å². The van der Waals surface area contributed by atoms with Crippen LogP contribution in [0.15, 0.2) is 24.3 Å². The summed E-state index contributed by atoms with van der Waals surface area (Å²) in [7, 11) is 0. The van der Waals surface area contributed by atoms with E-state index in [1.165, 1.54) is 5.56 Å². The fraction of sp³-hybridized carbons (Fsp3) is 0.611. The second kappa shape index (κ2) is 5.80. The molecule has 2 atom stereocenters. The van der Waals surface area contributed by atoms with Crippen LogP contribution < -0.4 is 5.32 Å². The lowest BCUT2D eigenvalue weighted by Gasteiger charge is -2.42. The smallest absolute Gasteiger partial charge is 0.230 e. The maximum absolute atomic E-state index is 12.9. The molecule has 3 nitrogen and oxygen atoms in total. The fourth-order valence-electron chi connectivity index (χ4n) is 3.87. The van der Waals surface area contributed by atoms with Crippen molar-refractivity contribution in [1.29, 1.82) is 0 Å². The highest BCUT2D eigenvalue weighted by atomic mass is 16.3. The number of hydrogen-bond donors (Lipinski definition) is 2. The first-order valence-electron chi connectivity index (χ1n) is 8.15. The highest BCUT2D eigenvalue weighted by molar-refractivity contribution is 5.89. The molecule has 0 heterocycles. The van der Waals surface area contributed by atoms with Crippen LogP contribution in [0.4, 0.5) is 0 Å². The largest absolute Gasteiger partial charge is 0.396 e. The summed E-state index contributed by atoms with van der Waals surface area (Å²) in [4.78, 5) is 12.9. The van der Waals surface area contributed by atoms with E-state index in [9.17, 15) is 9.90 Å². The topological polar surface area (TPSA) is 49.3 Å². The van der Waals surface area contributed by atoms with E-state index in [4.69, 9.17) is 0 Å². The zero-order chi connectivity index (χ0) is 14.9. The highest BCUT2D eigenvalue weighted by Gasteiger charge is 2.46. The van der Waals surface area contributed by atoms with E-state index in [2.05, 4.69) is 30.4 Å². The number of aryl methyl sites for hydroxylation is 1. The SMILES string of the molecule is Cc1cccc(C2(C(=O)NC3CCCC3CO)CCC2)c1. The van der Waals surface area contributed by atoms with Gasteiger partial charge in [0.05, 0.1) is 5.41 Å². The molecule has 2 aliphatic carbocycles. The third kappa shape index (κ3) is 2.59. The Balaban J connectivity index is 1.78. The minimum absolute atomic E-state index is 0.157. The van der Waals surface area contributed by atoms with Gasteiger partial charge in [0.25, 0.3) is 0 Å². The molecule has 0 radical (unpaired) electrons. The average molecular weight is 287 g/mol. The zero-order valence-electron chi connectivity index (χ0n) is 12.8. The Hall–Kier alpha value is -1.35. The normalized spacial score (nSPS) is 27.1. The summed E-state index contributed by atoms with van der Waals surface area (Å²) < 4.78 is 0. The van der Waals surface area contributed by atoms with Gasteiger partial charge in [-0.2, -0.15) is 0 Å². The standard InChI is InChI=1S/C18H25NO2/c1-13-5-2-7-15(11-13)18(9-4-10-18)17(21)19-16-8-3-6-14(16)12-20/h2,5,7,11,14,16,20H,3-4,6,8-10,12H2,1H3,(H,19,21). The van der Waals surface area contributed by atoms with Gasteiger partial charge in [0.1, 0.15) is 0 Å². The molecule has 3 rings (SSSR count). The molecule has 2 aliphatic rings. The monoisotopic (exact) mass is 287 g/mol. The van der Waals surface area contributed by atoms with Crippen LogP contribution in [0, 0.1) is 12.8 Å². The summed E-state index contributed by atoms with van der Waals surface area (Å²) in [6.45, 7) is 2.26. The molecule has 0 spiro atoms. The Bertz CT molecular complexity index is 522. The summed E-state index contributed by atoms with van der Waals surface area (Å²) in [6, 6.07) is 8.52. The van der Waals surface area contributed by atoms with Crippen LogP contribution in [0.2, 0.25) is 0 Å². The Labute approximate surface area is 126 Å². The summed E-state index contributed by atoms with van der Waals surface area (Å²) >= 11 is 0. The van der Waals surface area contributed by atoms with Crippen LogP contribution in [-0.2, 0) is 10.2 Å². The second-order valence-electron chi connectivity index (χ2n) is 6.76. The first-order valence-corrected chi connectivity index (χ1v) is 8.15. The van der Waals surface area contributed by atoms with Gasteiger partial charge in [-0.1, -0.05) is 42.7 Å². The maximum atomic E-state index is 12.9. The molecule has 0 bridgehead atoms. The van der Waals surface area contributed by atoms with E-state index in [0.29, 0.717) is 0 Å². The van der Waals surface area contributed by atoms with Crippen LogP contribution in [0.1, 0.15) is 49.7 Å². The molecule has 0 aromatic heterocycles. The van der Waals surface area contributed by atoms with Gasteiger partial charge in [-0.05, 0) is 38.2 Å². The third-order valence-electron chi connectivity index (χ3n) is 5.42. The minimum atomic E-state index is -0.325. The van der Waals surface area contributed by atoms with E-state index < -0.39 is 0 Å². The number of rotatable bonds is 4. The molecule has 1 aromatic rings. The van der Waals surface area contributed by atoms with Gasteiger partial charge in [0.15, 0.2) is 0 Å². The maximum Gasteiger partial charge on any atom is 0.230 e. The average Bonchev–Trinajstić information content (AvgIpc) is 2.84. The van der Waals surface area contributed by atoms with Crippen LogP contribution in [0.5, 0.6) is 0 Å². The van der Waals surface area contributed by atoms with Crippen molar-refractivity contribution in [3.8, 4) is 0 Å². The first kappa shape index (κ1) is 14.6. The summed E-state index contributed by atoms with van der Waals surface area (Å²) in [5.74, 6) is 0.410. The summed E-state index contributed by atoms with van der Waals surface area (Å²) in [6.07, 6.45) is 6.14. The lowest BCUT2D eigenvalue weighted by Crippen LogP contribution is -2.53. The van der Waals surface area contributed by atoms with E-state index >= 15 is 0 Å². The number of benzene rings is 1. The van der Waals surface area contributed by atoms with Crippen molar-refractivity contribution >= 4 is 5.91 Å². The van der Waals surface area contributed by atoms with Gasteiger partial charge >= 0.3 is 0 Å². The number of carbonyl (C=O) groups is 1. The molecule has 1 aromatic carbocycles. The van der Waals surface area contributed by atoms with Crippen molar-refractivity contribution in [2.75, 3.05) is 6.61 Å². The summed E-state index contributed by atoms with van der Waals surface area (Å²) in [5, 5.41) is 12.7. The second-order valence-corrected chi connectivity index (χ2v) is 6.76. The Morgan fingerprint density at radius 2 is 2.14 bits per heavy atom. The number of hydrogen-bond acceptors (Lipinski definition) is 2. The van der Waals surface area contributed by atoms with Crippen LogP contribution in [-0.4, -0.2) is 23.7 Å². The van der Waals surface area contributed by atoms with Gasteiger partial charge < -0.3 is 10.4 Å². The van der Waals surface area contributed by atoms with Crippen LogP contribution in [0.25, 0.3) is 0 Å². The van der Waals surface area contributed by atoms with Crippen molar-refractivity contribution in [3.05, 3.63) is 35.4 Å². The van der Waals surface area contributed by atoms with Gasteiger partial charge in [-0.3, -0.25) is 4.79 Å². The number of aliphatic hydroxyl groups excluding tert-OH is 1. The lowest BCUT2D eigenvalue weighted by atomic mass is 9.63. The molecule has 2 saturated carbocycles. The molecule has 0 aliphatic heterocycles. The van der Waals surface area contributed by atoms with Gasteiger partial charge in [-0.25, -0.2) is 0 Å². The van der Waals surface area contributed by atoms with Gasteiger partial charge in [-0.15, -0.1) is 0 Å². The van der Waals surface area contributed by atoms with E-state index in [-0.39, 0.29) is 29.9 Å². The van der Waals surface area contributed by atoms with Crippen molar-refractivity contribution < 1.29 is 9.90 Å². The molecule has 2 fully saturated rings. The Morgan fingerprint density at radius 1 is 1.33 bits per heavy atom. The van der Waals surface area contributed by atoms with E-state index in [1.54, 1.807) is 0 Å². The number of carbonyl (C=O) groups excluding carboxylic acids is 1. The molecule has 21 heavy (non-hydrogen) atoms. The van der Waals surface area contributed by atoms with Gasteiger partial charge in [0.2, 0.25) is 5.91 Å². The summed E-state index contributed by atoms with van der Waals surface area (Å²) in [5.41, 5.74) is 2.04. The molecular weight excluding hydrogens is 262 g/mol. The molecule has 1 amide bonds. The van der Waals surface area contributed by atoms with Crippen LogP contribution in [0.3, 0.4) is 0 Å². The molecule has 2 N–H and O–H groups in total. The van der Waals surface area contributed by atoms with Crippen molar-refractivity contribution in [2.45, 2.75) is 56.9 Å². The fourth-order valence-corrected chi connectivity index (χ4v) is 3.87. The lowest BCUT2D eigenvalue weighted by molar-refractivity contribution is -0.131. The quantitative estimate of drug-likeness (QED) is 0.894. The molecular formula is C18H25NO2. The molecule has 114 valence electrons. The zero-order valence-corrected chi connectivity index (χ0v) is 12.8. The molecule has 3 heteroatoms. The van der Waals surface area contributed by atoms with E-state index in [0.717, 1.165) is 44.1 Å². The van der Waals surface area contributed by atoms with Gasteiger partial charge in [0, 0.05) is 18.6 Å². The number of nitrogens with one attached hydrogen (secondary N) is 1. The predicted octanol–water partition coefficient (Wildman–Crippen LogP) is 2.69. The number of amides is 1. The van der Waals surface area contributed by atoms with Crippen LogP contribution >= 0.6 is 0 Å². The van der Waals surface area contributed by atoms with Crippen molar-refractivity contribution in [3.63, 3.8) is 0 Å². The minimum Gasteiger partial charge on any atom is -0.396 e. The highest BCUT2D eigenvalue weighted by Crippen LogP contribution is 2.44. The predicted molar refractivity (Wildman–Crippen MR) is 83.1 cm³/mol.